The molecule has 0 atom stereocenters. The Bertz CT molecular complexity index is 1110. The Morgan fingerprint density at radius 2 is 1.79 bits per heavy atom. The third-order valence-electron chi connectivity index (χ3n) is 4.72. The van der Waals surface area contributed by atoms with Crippen LogP contribution in [0.4, 0.5) is 0 Å². The number of aryl methyl sites for hydroxylation is 1. The van der Waals surface area contributed by atoms with Gasteiger partial charge in [-0.25, -0.2) is 0 Å². The van der Waals surface area contributed by atoms with Crippen LogP contribution in [0.5, 0.6) is 5.75 Å². The summed E-state index contributed by atoms with van der Waals surface area (Å²) in [4.78, 5) is 17.2. The van der Waals surface area contributed by atoms with Gasteiger partial charge in [-0.3, -0.25) is 14.5 Å². The number of ketones is 1. The first-order valence-corrected chi connectivity index (χ1v) is 9.42. The van der Waals surface area contributed by atoms with Crippen LogP contribution in [-0.2, 0) is 20.1 Å². The van der Waals surface area contributed by atoms with Crippen LogP contribution in [0.25, 0.3) is 11.3 Å². The molecule has 0 bridgehead atoms. The van der Waals surface area contributed by atoms with Crippen molar-refractivity contribution in [1.82, 2.24) is 14.8 Å². The summed E-state index contributed by atoms with van der Waals surface area (Å²) in [5, 5.41) is 4.23. The Balaban J connectivity index is 1.65. The van der Waals surface area contributed by atoms with Gasteiger partial charge in [0.2, 0.25) is 0 Å². The van der Waals surface area contributed by atoms with E-state index in [0.717, 1.165) is 22.4 Å². The second-order valence-electron chi connectivity index (χ2n) is 6.79. The molecule has 5 heteroatoms. The number of Topliss-reactive ketones (excluding diaryl/α,β-unsaturated/α-hetero) is 1. The van der Waals surface area contributed by atoms with Crippen LogP contribution in [-0.4, -0.2) is 20.5 Å². The molecular formula is C24H21N3O2. The van der Waals surface area contributed by atoms with Crippen LogP contribution < -0.4 is 4.74 Å². The van der Waals surface area contributed by atoms with Crippen LogP contribution in [0, 0.1) is 0 Å². The lowest BCUT2D eigenvalue weighted by Gasteiger charge is -2.13. The molecule has 0 aliphatic carbocycles. The predicted molar refractivity (Wildman–Crippen MR) is 112 cm³/mol. The maximum atomic E-state index is 13.1. The third-order valence-corrected chi connectivity index (χ3v) is 4.72. The zero-order chi connectivity index (χ0) is 20.1. The summed E-state index contributed by atoms with van der Waals surface area (Å²) in [6, 6.07) is 21.3. The van der Waals surface area contributed by atoms with Crippen LogP contribution in [0.2, 0.25) is 0 Å². The van der Waals surface area contributed by atoms with E-state index in [9.17, 15) is 4.79 Å². The maximum absolute atomic E-state index is 13.1. The molecule has 0 radical (unpaired) electrons. The molecule has 0 aliphatic rings. The van der Waals surface area contributed by atoms with E-state index in [-0.39, 0.29) is 12.2 Å². The van der Waals surface area contributed by atoms with E-state index < -0.39 is 0 Å². The van der Waals surface area contributed by atoms with Crippen molar-refractivity contribution >= 4 is 5.78 Å². The van der Waals surface area contributed by atoms with E-state index in [1.54, 1.807) is 23.3 Å². The number of pyridine rings is 1. The van der Waals surface area contributed by atoms with Crippen molar-refractivity contribution < 1.29 is 9.53 Å². The molecule has 0 spiro atoms. The third kappa shape index (κ3) is 4.41. The van der Waals surface area contributed by atoms with Crippen molar-refractivity contribution in [1.29, 1.82) is 0 Å². The zero-order valence-corrected chi connectivity index (χ0v) is 16.2. The Labute approximate surface area is 169 Å². The second kappa shape index (κ2) is 8.52. The number of hydrogen-bond donors (Lipinski definition) is 0. The summed E-state index contributed by atoms with van der Waals surface area (Å²) >= 11 is 0. The highest BCUT2D eigenvalue weighted by molar-refractivity contribution is 6.01. The highest BCUT2D eigenvalue weighted by atomic mass is 16.5. The van der Waals surface area contributed by atoms with Gasteiger partial charge >= 0.3 is 0 Å². The second-order valence-corrected chi connectivity index (χ2v) is 6.79. The molecular weight excluding hydrogens is 362 g/mol. The molecule has 5 nitrogen and oxygen atoms in total. The lowest BCUT2D eigenvalue weighted by Crippen LogP contribution is -2.08. The number of carbonyl (C=O) groups excluding carboxylic acids is 1. The fraction of sp³-hybridized carbons (Fsp3) is 0.125. The van der Waals surface area contributed by atoms with E-state index in [1.165, 1.54) is 0 Å². The topological polar surface area (TPSA) is 57.0 Å². The molecule has 4 aromatic rings. The molecule has 0 saturated heterocycles. The van der Waals surface area contributed by atoms with Crippen molar-refractivity contribution in [3.8, 4) is 17.0 Å². The number of aromatic nitrogens is 3. The van der Waals surface area contributed by atoms with Gasteiger partial charge < -0.3 is 4.74 Å². The van der Waals surface area contributed by atoms with Gasteiger partial charge in [-0.15, -0.1) is 0 Å². The van der Waals surface area contributed by atoms with Crippen molar-refractivity contribution in [2.75, 3.05) is 0 Å². The minimum atomic E-state index is -0.00919. The highest BCUT2D eigenvalue weighted by Crippen LogP contribution is 2.28. The standard InChI is InChI=1S/C24H21N3O2/c1-27-22(11-13-26-27)20-9-10-24(29-17-18-6-3-2-4-7-18)21(15-20)23(28)14-19-8-5-12-25-16-19/h2-13,15-16H,14,17H2,1H3. The van der Waals surface area contributed by atoms with Gasteiger partial charge in [0.05, 0.1) is 11.3 Å². The molecule has 0 unspecified atom stereocenters. The molecule has 2 aromatic carbocycles. The van der Waals surface area contributed by atoms with Gasteiger partial charge in [0.25, 0.3) is 0 Å². The summed E-state index contributed by atoms with van der Waals surface area (Å²) in [5.74, 6) is 0.568. The van der Waals surface area contributed by atoms with E-state index in [2.05, 4.69) is 10.1 Å². The number of benzene rings is 2. The molecule has 0 saturated carbocycles. The average molecular weight is 383 g/mol. The maximum Gasteiger partial charge on any atom is 0.171 e. The summed E-state index contributed by atoms with van der Waals surface area (Å²) in [6.45, 7) is 0.402. The molecule has 4 rings (SSSR count). The summed E-state index contributed by atoms with van der Waals surface area (Å²) < 4.78 is 7.81. The largest absolute Gasteiger partial charge is 0.488 e. The fourth-order valence-corrected chi connectivity index (χ4v) is 3.21. The zero-order valence-electron chi connectivity index (χ0n) is 16.2. The van der Waals surface area contributed by atoms with Crippen molar-refractivity contribution in [3.63, 3.8) is 0 Å². The Hall–Kier alpha value is -3.73. The first kappa shape index (κ1) is 18.6. The predicted octanol–water partition coefficient (Wildman–Crippen LogP) is 4.49. The Morgan fingerprint density at radius 1 is 0.966 bits per heavy atom. The fourth-order valence-electron chi connectivity index (χ4n) is 3.21. The van der Waals surface area contributed by atoms with Gasteiger partial charge in [0.15, 0.2) is 5.78 Å². The monoisotopic (exact) mass is 383 g/mol. The molecule has 0 fully saturated rings. The minimum Gasteiger partial charge on any atom is -0.488 e. The van der Waals surface area contributed by atoms with Gasteiger partial charge in [-0.1, -0.05) is 36.4 Å². The van der Waals surface area contributed by atoms with Gasteiger partial charge in [0, 0.05) is 37.6 Å². The lowest BCUT2D eigenvalue weighted by atomic mass is 10.00. The van der Waals surface area contributed by atoms with Gasteiger partial charge in [-0.2, -0.15) is 5.10 Å². The van der Waals surface area contributed by atoms with Gasteiger partial charge in [-0.05, 0) is 41.5 Å². The molecule has 2 aromatic heterocycles. The van der Waals surface area contributed by atoms with E-state index >= 15 is 0 Å². The minimum absolute atomic E-state index is 0.00919. The van der Waals surface area contributed by atoms with E-state index in [1.807, 2.05) is 73.8 Å². The first-order chi connectivity index (χ1) is 14.2. The normalized spacial score (nSPS) is 10.7. The van der Waals surface area contributed by atoms with Crippen LogP contribution in [0.3, 0.4) is 0 Å². The van der Waals surface area contributed by atoms with Crippen molar-refractivity contribution in [2.45, 2.75) is 13.0 Å². The summed E-state index contributed by atoms with van der Waals surface area (Å²) in [5.41, 5.74) is 4.34. The molecule has 2 heterocycles. The number of hydrogen-bond acceptors (Lipinski definition) is 4. The Kier molecular flexibility index (Phi) is 5.47. The quantitative estimate of drug-likeness (QED) is 0.441. The van der Waals surface area contributed by atoms with Crippen molar-refractivity contribution in [3.05, 3.63) is 102 Å². The average Bonchev–Trinajstić information content (AvgIpc) is 3.19. The smallest absolute Gasteiger partial charge is 0.171 e. The number of carbonyl (C=O) groups is 1. The SMILES string of the molecule is Cn1nccc1-c1ccc(OCc2ccccc2)c(C(=O)Cc2cccnc2)c1. The van der Waals surface area contributed by atoms with Crippen molar-refractivity contribution in [2.24, 2.45) is 7.05 Å². The molecule has 144 valence electrons. The summed E-state index contributed by atoms with van der Waals surface area (Å²) in [6.07, 6.45) is 5.43. The number of nitrogens with zero attached hydrogens (tertiary/aromatic N) is 3. The number of ether oxygens (including phenoxy) is 1. The van der Waals surface area contributed by atoms with Crippen LogP contribution in [0.1, 0.15) is 21.5 Å². The molecule has 0 amide bonds. The first-order valence-electron chi connectivity index (χ1n) is 9.42. The van der Waals surface area contributed by atoms with Gasteiger partial charge in [0.1, 0.15) is 12.4 Å². The molecule has 0 aliphatic heterocycles. The Morgan fingerprint density at radius 3 is 2.52 bits per heavy atom. The summed E-state index contributed by atoms with van der Waals surface area (Å²) in [7, 11) is 1.88. The molecule has 29 heavy (non-hydrogen) atoms. The van der Waals surface area contributed by atoms with E-state index in [4.69, 9.17) is 4.74 Å². The van der Waals surface area contributed by atoms with Crippen LogP contribution in [0.15, 0.2) is 85.3 Å². The lowest BCUT2D eigenvalue weighted by molar-refractivity contribution is 0.0988. The van der Waals surface area contributed by atoms with E-state index in [0.29, 0.717) is 17.9 Å². The number of rotatable bonds is 7. The van der Waals surface area contributed by atoms with Crippen LogP contribution >= 0.6 is 0 Å². The molecule has 0 N–H and O–H groups in total. The highest BCUT2D eigenvalue weighted by Gasteiger charge is 2.16.